The lowest BCUT2D eigenvalue weighted by atomic mass is 10.1. The Kier molecular flexibility index (Phi) is 6.54. The van der Waals surface area contributed by atoms with Crippen molar-refractivity contribution in [3.63, 3.8) is 0 Å². The van der Waals surface area contributed by atoms with Crippen LogP contribution in [0.3, 0.4) is 0 Å². The van der Waals surface area contributed by atoms with Gasteiger partial charge in [-0.2, -0.15) is 5.10 Å². The number of aryl methyl sites for hydroxylation is 2. The van der Waals surface area contributed by atoms with E-state index in [-0.39, 0.29) is 10.9 Å². The second-order valence-corrected chi connectivity index (χ2v) is 6.60. The van der Waals surface area contributed by atoms with Gasteiger partial charge < -0.3 is 10.6 Å². The molecule has 0 saturated heterocycles. The van der Waals surface area contributed by atoms with E-state index >= 15 is 0 Å². The normalized spacial score (nSPS) is 10.7. The van der Waals surface area contributed by atoms with Crippen LogP contribution in [0.5, 0.6) is 0 Å². The van der Waals surface area contributed by atoms with E-state index in [2.05, 4.69) is 25.7 Å². The molecule has 146 valence electrons. The lowest BCUT2D eigenvalue weighted by molar-refractivity contribution is -0.120. The van der Waals surface area contributed by atoms with Gasteiger partial charge in [0, 0.05) is 31.8 Å². The second-order valence-electron chi connectivity index (χ2n) is 6.19. The Morgan fingerprint density at radius 3 is 2.82 bits per heavy atom. The summed E-state index contributed by atoms with van der Waals surface area (Å²) in [5.74, 6) is 0.759. The van der Waals surface area contributed by atoms with Gasteiger partial charge in [-0.1, -0.05) is 17.7 Å². The smallest absolute Gasteiger partial charge is 0.220 e. The summed E-state index contributed by atoms with van der Waals surface area (Å²) in [7, 11) is 0. The molecule has 2 heterocycles. The minimum absolute atomic E-state index is 0.0663. The largest absolute Gasteiger partial charge is 0.368 e. The number of halogens is 2. The molecule has 2 N–H and O–H groups in total. The molecular formula is C19H20ClFN6O. The van der Waals surface area contributed by atoms with Crippen LogP contribution in [0.2, 0.25) is 5.02 Å². The van der Waals surface area contributed by atoms with Gasteiger partial charge >= 0.3 is 0 Å². The van der Waals surface area contributed by atoms with Gasteiger partial charge in [0.05, 0.1) is 10.7 Å². The number of anilines is 1. The highest BCUT2D eigenvalue weighted by atomic mass is 35.5. The highest BCUT2D eigenvalue weighted by molar-refractivity contribution is 6.30. The Bertz CT molecular complexity index is 961. The number of nitrogens with zero attached hydrogens (tertiary/aromatic N) is 4. The van der Waals surface area contributed by atoms with Crippen LogP contribution in [0.25, 0.3) is 5.82 Å². The first-order valence-electron chi connectivity index (χ1n) is 8.80. The third kappa shape index (κ3) is 5.50. The standard InChI is InChI=1S/C19H20ClFN6O/c1-13-6-9-27(26-13)18-11-17(24-12-25-18)22-7-8-23-19(28)5-3-14-2-4-16(21)15(20)10-14/h2,4,6,9-12H,3,5,7-8H2,1H3,(H,23,28)(H,22,24,25). The third-order valence-corrected chi connectivity index (χ3v) is 4.28. The summed E-state index contributed by atoms with van der Waals surface area (Å²) >= 11 is 5.74. The second kappa shape index (κ2) is 9.27. The fourth-order valence-electron chi connectivity index (χ4n) is 2.55. The molecule has 0 radical (unpaired) electrons. The van der Waals surface area contributed by atoms with Gasteiger partial charge in [0.15, 0.2) is 5.82 Å². The molecule has 0 saturated carbocycles. The minimum atomic E-state index is -0.462. The highest BCUT2D eigenvalue weighted by Gasteiger charge is 2.06. The molecule has 3 aromatic rings. The Hall–Kier alpha value is -3.00. The predicted octanol–water partition coefficient (Wildman–Crippen LogP) is 2.92. The molecule has 3 rings (SSSR count). The maximum absolute atomic E-state index is 13.1. The summed E-state index contributed by atoms with van der Waals surface area (Å²) in [5, 5.41) is 10.3. The molecule has 0 bridgehead atoms. The fourth-order valence-corrected chi connectivity index (χ4v) is 2.75. The molecule has 28 heavy (non-hydrogen) atoms. The number of amides is 1. The van der Waals surface area contributed by atoms with Gasteiger partial charge in [0.1, 0.15) is 18.0 Å². The topological polar surface area (TPSA) is 84.7 Å². The molecular weight excluding hydrogens is 383 g/mol. The van der Waals surface area contributed by atoms with Crippen LogP contribution < -0.4 is 10.6 Å². The van der Waals surface area contributed by atoms with E-state index < -0.39 is 5.82 Å². The molecule has 0 aliphatic carbocycles. The van der Waals surface area contributed by atoms with Crippen LogP contribution in [0.15, 0.2) is 42.9 Å². The van der Waals surface area contributed by atoms with Crippen molar-refractivity contribution in [2.24, 2.45) is 0 Å². The summed E-state index contributed by atoms with van der Waals surface area (Å²) in [5.41, 5.74) is 1.72. The van der Waals surface area contributed by atoms with Gasteiger partial charge in [-0.25, -0.2) is 19.0 Å². The SMILES string of the molecule is Cc1ccn(-c2cc(NCCNC(=O)CCc3ccc(F)c(Cl)c3)ncn2)n1. The van der Waals surface area contributed by atoms with E-state index in [4.69, 9.17) is 11.6 Å². The van der Waals surface area contributed by atoms with E-state index in [0.29, 0.717) is 37.6 Å². The number of aromatic nitrogens is 4. The van der Waals surface area contributed by atoms with Crippen molar-refractivity contribution >= 4 is 23.3 Å². The number of carbonyl (C=O) groups is 1. The highest BCUT2D eigenvalue weighted by Crippen LogP contribution is 2.17. The summed E-state index contributed by atoms with van der Waals surface area (Å²) < 4.78 is 14.8. The average molecular weight is 403 g/mol. The summed E-state index contributed by atoms with van der Waals surface area (Å²) in [6, 6.07) is 8.15. The minimum Gasteiger partial charge on any atom is -0.368 e. The molecule has 2 aromatic heterocycles. The number of nitrogens with one attached hydrogen (secondary N) is 2. The Morgan fingerprint density at radius 1 is 1.21 bits per heavy atom. The van der Waals surface area contributed by atoms with Crippen LogP contribution >= 0.6 is 11.6 Å². The molecule has 1 aromatic carbocycles. The van der Waals surface area contributed by atoms with Crippen LogP contribution in [-0.4, -0.2) is 38.7 Å². The molecule has 0 atom stereocenters. The Morgan fingerprint density at radius 2 is 2.07 bits per heavy atom. The van der Waals surface area contributed by atoms with Gasteiger partial charge in [-0.15, -0.1) is 0 Å². The van der Waals surface area contributed by atoms with Crippen molar-refractivity contribution in [1.29, 1.82) is 0 Å². The van der Waals surface area contributed by atoms with Gasteiger partial charge in [-0.05, 0) is 37.1 Å². The van der Waals surface area contributed by atoms with Crippen molar-refractivity contribution in [3.8, 4) is 5.82 Å². The van der Waals surface area contributed by atoms with E-state index in [0.717, 1.165) is 11.3 Å². The molecule has 0 fully saturated rings. The summed E-state index contributed by atoms with van der Waals surface area (Å²) in [6.45, 7) is 2.87. The van der Waals surface area contributed by atoms with Crippen LogP contribution in [0.1, 0.15) is 17.7 Å². The van der Waals surface area contributed by atoms with Crippen molar-refractivity contribution in [2.75, 3.05) is 18.4 Å². The number of carbonyl (C=O) groups excluding carboxylic acids is 1. The summed E-state index contributed by atoms with van der Waals surface area (Å²) in [4.78, 5) is 20.3. The van der Waals surface area contributed by atoms with E-state index in [9.17, 15) is 9.18 Å². The zero-order chi connectivity index (χ0) is 19.9. The van der Waals surface area contributed by atoms with Crippen molar-refractivity contribution in [1.82, 2.24) is 25.1 Å². The van der Waals surface area contributed by atoms with Gasteiger partial charge in [0.2, 0.25) is 5.91 Å². The van der Waals surface area contributed by atoms with E-state index in [1.807, 2.05) is 19.2 Å². The van der Waals surface area contributed by atoms with E-state index in [1.54, 1.807) is 22.9 Å². The molecule has 0 unspecified atom stereocenters. The number of benzene rings is 1. The lowest BCUT2D eigenvalue weighted by Gasteiger charge is -2.08. The van der Waals surface area contributed by atoms with Gasteiger partial charge in [-0.3, -0.25) is 4.79 Å². The maximum Gasteiger partial charge on any atom is 0.220 e. The van der Waals surface area contributed by atoms with Crippen LogP contribution in [0, 0.1) is 12.7 Å². The maximum atomic E-state index is 13.1. The third-order valence-electron chi connectivity index (χ3n) is 3.99. The molecule has 0 spiro atoms. The molecule has 7 nitrogen and oxygen atoms in total. The fraction of sp³-hybridized carbons (Fsp3) is 0.263. The Labute approximate surface area is 167 Å². The molecule has 0 aliphatic heterocycles. The molecule has 0 aliphatic rings. The van der Waals surface area contributed by atoms with E-state index in [1.165, 1.54) is 12.4 Å². The summed E-state index contributed by atoms with van der Waals surface area (Å²) in [6.07, 6.45) is 4.09. The first kappa shape index (κ1) is 19.8. The number of hydrogen-bond donors (Lipinski definition) is 2. The average Bonchev–Trinajstić information content (AvgIpc) is 3.13. The predicted molar refractivity (Wildman–Crippen MR) is 105 cm³/mol. The van der Waals surface area contributed by atoms with Crippen LogP contribution in [0.4, 0.5) is 10.2 Å². The quantitative estimate of drug-likeness (QED) is 0.566. The monoisotopic (exact) mass is 402 g/mol. The zero-order valence-electron chi connectivity index (χ0n) is 15.3. The number of rotatable bonds is 8. The molecule has 9 heteroatoms. The van der Waals surface area contributed by atoms with Crippen molar-refractivity contribution in [3.05, 3.63) is 65.0 Å². The lowest BCUT2D eigenvalue weighted by Crippen LogP contribution is -2.29. The van der Waals surface area contributed by atoms with Crippen molar-refractivity contribution < 1.29 is 9.18 Å². The number of hydrogen-bond acceptors (Lipinski definition) is 5. The van der Waals surface area contributed by atoms with Crippen LogP contribution in [-0.2, 0) is 11.2 Å². The first-order valence-corrected chi connectivity index (χ1v) is 9.18. The van der Waals surface area contributed by atoms with Gasteiger partial charge in [0.25, 0.3) is 0 Å². The molecule has 1 amide bonds. The van der Waals surface area contributed by atoms with Crippen molar-refractivity contribution in [2.45, 2.75) is 19.8 Å². The first-order chi connectivity index (χ1) is 13.5. The zero-order valence-corrected chi connectivity index (χ0v) is 16.1. The Balaban J connectivity index is 1.40.